The van der Waals surface area contributed by atoms with Crippen LogP contribution in [-0.4, -0.2) is 29.8 Å². The fraction of sp³-hybridized carbons (Fsp3) is 0.450. The van der Waals surface area contributed by atoms with E-state index in [1.165, 1.54) is 23.4 Å². The second kappa shape index (κ2) is 8.94. The molecule has 0 saturated heterocycles. The number of hydrogen-bond acceptors (Lipinski definition) is 5. The van der Waals surface area contributed by atoms with E-state index in [-0.39, 0.29) is 18.3 Å². The van der Waals surface area contributed by atoms with Gasteiger partial charge in [0.2, 0.25) is 0 Å². The zero-order valence-electron chi connectivity index (χ0n) is 15.0. The summed E-state index contributed by atoms with van der Waals surface area (Å²) in [7, 11) is 0. The average molecular weight is 372 g/mol. The Morgan fingerprint density at radius 1 is 1.19 bits per heavy atom. The van der Waals surface area contributed by atoms with Crippen LogP contribution in [0.2, 0.25) is 0 Å². The number of fused-ring (bicyclic) bond motifs is 1. The van der Waals surface area contributed by atoms with Gasteiger partial charge >= 0.3 is 0 Å². The lowest BCUT2D eigenvalue weighted by Crippen LogP contribution is -2.30. The predicted octanol–water partition coefficient (Wildman–Crippen LogP) is 3.35. The molecule has 1 aliphatic carbocycles. The molecule has 0 unspecified atom stereocenters. The number of Topliss-reactive ketones (excluding diaryl/α,β-unsaturated/α-hetero) is 1. The van der Waals surface area contributed by atoms with Crippen LogP contribution in [0.25, 0.3) is 0 Å². The summed E-state index contributed by atoms with van der Waals surface area (Å²) in [5, 5.41) is 3.97. The van der Waals surface area contributed by atoms with E-state index in [0.717, 1.165) is 24.3 Å². The molecule has 26 heavy (non-hydrogen) atoms. The maximum absolute atomic E-state index is 11.9. The molecule has 138 valence electrons. The Labute approximate surface area is 157 Å². The van der Waals surface area contributed by atoms with Gasteiger partial charge in [-0.05, 0) is 49.9 Å². The van der Waals surface area contributed by atoms with Gasteiger partial charge in [0.25, 0.3) is 5.91 Å². The molecule has 1 N–H and O–H groups in total. The molecule has 1 heterocycles. The normalized spacial score (nSPS) is 13.1. The molecular formula is C20H24N2O3S. The van der Waals surface area contributed by atoms with Crippen LogP contribution in [0.5, 0.6) is 5.75 Å². The lowest BCUT2D eigenvalue weighted by atomic mass is 10.0. The summed E-state index contributed by atoms with van der Waals surface area (Å²) in [6, 6.07) is 6.89. The number of nitrogens with zero attached hydrogens (tertiary/aromatic N) is 1. The third kappa shape index (κ3) is 4.91. The minimum atomic E-state index is -0.153. The number of aromatic nitrogens is 1. The lowest BCUT2D eigenvalue weighted by molar-refractivity contribution is -0.123. The molecule has 0 atom stereocenters. The number of benzene rings is 1. The number of rotatable bonds is 8. The van der Waals surface area contributed by atoms with Gasteiger partial charge in [0.05, 0.1) is 10.7 Å². The van der Waals surface area contributed by atoms with Crippen molar-refractivity contribution in [3.8, 4) is 5.75 Å². The topological polar surface area (TPSA) is 68.3 Å². The zero-order valence-corrected chi connectivity index (χ0v) is 15.9. The highest BCUT2D eigenvalue weighted by Gasteiger charge is 2.15. The smallest absolute Gasteiger partial charge is 0.257 e. The molecule has 3 rings (SSSR count). The Balaban J connectivity index is 1.39. The minimum Gasteiger partial charge on any atom is -0.484 e. The summed E-state index contributed by atoms with van der Waals surface area (Å²) >= 11 is 1.78. The van der Waals surface area contributed by atoms with Crippen LogP contribution in [0, 0.1) is 0 Å². The second-order valence-corrected chi connectivity index (χ2v) is 7.54. The number of carbonyl (C=O) groups is 2. The van der Waals surface area contributed by atoms with Crippen LogP contribution in [-0.2, 0) is 24.1 Å². The summed E-state index contributed by atoms with van der Waals surface area (Å²) in [5.74, 6) is 0.526. The van der Waals surface area contributed by atoms with E-state index >= 15 is 0 Å². The largest absolute Gasteiger partial charge is 0.484 e. The third-order valence-corrected chi connectivity index (χ3v) is 5.64. The first-order valence-electron chi connectivity index (χ1n) is 9.16. The third-order valence-electron chi connectivity index (χ3n) is 4.42. The van der Waals surface area contributed by atoms with Crippen molar-refractivity contribution in [2.75, 3.05) is 13.2 Å². The minimum absolute atomic E-state index is 0.0323. The van der Waals surface area contributed by atoms with Gasteiger partial charge in [0.15, 0.2) is 12.4 Å². The number of nitrogens with one attached hydrogen (secondary N) is 1. The van der Waals surface area contributed by atoms with Crippen molar-refractivity contribution in [3.05, 3.63) is 45.4 Å². The van der Waals surface area contributed by atoms with Crippen molar-refractivity contribution >= 4 is 23.0 Å². The summed E-state index contributed by atoms with van der Waals surface area (Å²) in [6.45, 7) is 2.37. The fourth-order valence-electron chi connectivity index (χ4n) is 2.96. The molecule has 2 aromatic rings. The number of amides is 1. The Morgan fingerprint density at radius 3 is 2.69 bits per heavy atom. The van der Waals surface area contributed by atoms with E-state index in [9.17, 15) is 9.59 Å². The van der Waals surface area contributed by atoms with E-state index in [2.05, 4.69) is 10.3 Å². The number of hydrogen-bond donors (Lipinski definition) is 1. The molecule has 1 amide bonds. The molecule has 0 saturated carbocycles. The zero-order chi connectivity index (χ0) is 18.4. The van der Waals surface area contributed by atoms with Gasteiger partial charge in [0.1, 0.15) is 5.75 Å². The van der Waals surface area contributed by atoms with Gasteiger partial charge in [0, 0.05) is 29.8 Å². The summed E-state index contributed by atoms with van der Waals surface area (Å²) in [4.78, 5) is 29.6. The molecule has 0 spiro atoms. The average Bonchev–Trinajstić information content (AvgIpc) is 3.09. The highest BCUT2D eigenvalue weighted by molar-refractivity contribution is 7.11. The van der Waals surface area contributed by atoms with E-state index in [0.29, 0.717) is 24.3 Å². The highest BCUT2D eigenvalue weighted by Crippen LogP contribution is 2.26. The summed E-state index contributed by atoms with van der Waals surface area (Å²) in [6.07, 6.45) is 5.97. The molecule has 0 radical (unpaired) electrons. The first-order chi connectivity index (χ1) is 12.7. The Bertz CT molecular complexity index is 744. The molecule has 0 fully saturated rings. The monoisotopic (exact) mass is 372 g/mol. The predicted molar refractivity (Wildman–Crippen MR) is 102 cm³/mol. The Hall–Kier alpha value is -2.21. The number of ketones is 1. The molecule has 0 bridgehead atoms. The first kappa shape index (κ1) is 18.6. The molecule has 6 heteroatoms. The van der Waals surface area contributed by atoms with E-state index in [1.54, 1.807) is 35.6 Å². The maximum atomic E-state index is 11.9. The van der Waals surface area contributed by atoms with E-state index in [4.69, 9.17) is 4.74 Å². The number of thiazole rings is 1. The van der Waals surface area contributed by atoms with Crippen LogP contribution >= 0.6 is 11.3 Å². The molecule has 0 aliphatic heterocycles. The van der Waals surface area contributed by atoms with Crippen LogP contribution in [0.4, 0.5) is 0 Å². The Morgan fingerprint density at radius 2 is 1.96 bits per heavy atom. The first-order valence-corrected chi connectivity index (χ1v) is 9.97. The Kier molecular flexibility index (Phi) is 6.39. The van der Waals surface area contributed by atoms with Crippen molar-refractivity contribution < 1.29 is 14.3 Å². The second-order valence-electron chi connectivity index (χ2n) is 6.37. The van der Waals surface area contributed by atoms with Crippen molar-refractivity contribution in [1.29, 1.82) is 0 Å². The molecule has 5 nitrogen and oxygen atoms in total. The van der Waals surface area contributed by atoms with Gasteiger partial charge in [-0.1, -0.05) is 6.92 Å². The summed E-state index contributed by atoms with van der Waals surface area (Å²) < 4.78 is 5.47. The molecule has 1 aromatic carbocycles. The van der Waals surface area contributed by atoms with Gasteiger partial charge in [-0.15, -0.1) is 11.3 Å². The van der Waals surface area contributed by atoms with Crippen molar-refractivity contribution in [1.82, 2.24) is 10.3 Å². The van der Waals surface area contributed by atoms with Crippen LogP contribution in [0.15, 0.2) is 24.3 Å². The van der Waals surface area contributed by atoms with Crippen LogP contribution < -0.4 is 10.1 Å². The SMILES string of the molecule is CCC(=O)c1ccc(OCC(=O)NCCc2nc3c(s2)CCCC3)cc1. The van der Waals surface area contributed by atoms with Crippen LogP contribution in [0.1, 0.15) is 52.1 Å². The van der Waals surface area contributed by atoms with Crippen molar-refractivity contribution in [3.63, 3.8) is 0 Å². The number of aryl methyl sites for hydroxylation is 2. The van der Waals surface area contributed by atoms with E-state index < -0.39 is 0 Å². The molecule has 1 aliphatic rings. The summed E-state index contributed by atoms with van der Waals surface area (Å²) in [5.41, 5.74) is 1.92. The van der Waals surface area contributed by atoms with Gasteiger partial charge < -0.3 is 10.1 Å². The van der Waals surface area contributed by atoms with Gasteiger partial charge in [-0.25, -0.2) is 4.98 Å². The van der Waals surface area contributed by atoms with Gasteiger partial charge in [-0.3, -0.25) is 9.59 Å². The molecular weight excluding hydrogens is 348 g/mol. The standard InChI is InChI=1S/C20H24N2O3S/c1-2-17(23)14-7-9-15(10-8-14)25-13-19(24)21-12-11-20-22-16-5-3-4-6-18(16)26-20/h7-10H,2-6,11-13H2,1H3,(H,21,24). The van der Waals surface area contributed by atoms with Crippen molar-refractivity contribution in [2.45, 2.75) is 45.4 Å². The van der Waals surface area contributed by atoms with Gasteiger partial charge in [-0.2, -0.15) is 0 Å². The highest BCUT2D eigenvalue weighted by atomic mass is 32.1. The number of ether oxygens (including phenoxy) is 1. The fourth-order valence-corrected chi connectivity index (χ4v) is 4.12. The maximum Gasteiger partial charge on any atom is 0.257 e. The molecule has 1 aromatic heterocycles. The van der Waals surface area contributed by atoms with Crippen LogP contribution in [0.3, 0.4) is 0 Å². The quantitative estimate of drug-likeness (QED) is 0.722. The van der Waals surface area contributed by atoms with E-state index in [1.807, 2.05) is 6.92 Å². The number of carbonyl (C=O) groups excluding carboxylic acids is 2. The van der Waals surface area contributed by atoms with Crippen molar-refractivity contribution in [2.24, 2.45) is 0 Å². The lowest BCUT2D eigenvalue weighted by Gasteiger charge is -2.07.